The van der Waals surface area contributed by atoms with Crippen molar-refractivity contribution in [1.82, 2.24) is 29.5 Å². The molecule has 6 rings (SSSR count). The maximum Gasteiger partial charge on any atom is 0.490 e. The molecule has 0 fully saturated rings. The van der Waals surface area contributed by atoms with Crippen LogP contribution in [0.2, 0.25) is 5.02 Å². The van der Waals surface area contributed by atoms with Gasteiger partial charge in [0.25, 0.3) is 5.56 Å². The zero-order valence-corrected chi connectivity index (χ0v) is 26.1. The Balaban J connectivity index is 0.000000606. The van der Waals surface area contributed by atoms with Crippen LogP contribution in [-0.4, -0.2) is 52.7 Å². The van der Waals surface area contributed by atoms with Crippen molar-refractivity contribution in [3.05, 3.63) is 106 Å². The number of pyridine rings is 1. The summed E-state index contributed by atoms with van der Waals surface area (Å²) in [7, 11) is 0. The molecule has 1 aliphatic rings. The smallest absolute Gasteiger partial charge is 0.475 e. The van der Waals surface area contributed by atoms with Crippen LogP contribution in [0.5, 0.6) is 0 Å². The lowest BCUT2D eigenvalue weighted by atomic mass is 9.95. The lowest BCUT2D eigenvalue weighted by molar-refractivity contribution is -0.192. The van der Waals surface area contributed by atoms with Gasteiger partial charge in [-0.2, -0.15) is 13.2 Å². The van der Waals surface area contributed by atoms with Gasteiger partial charge in [0.15, 0.2) is 5.82 Å². The molecule has 3 aromatic heterocycles. The molecule has 2 N–H and O–H groups in total. The van der Waals surface area contributed by atoms with Crippen molar-refractivity contribution in [2.75, 3.05) is 5.32 Å². The van der Waals surface area contributed by atoms with E-state index >= 15 is 4.39 Å². The fourth-order valence-electron chi connectivity index (χ4n) is 5.19. The number of halogens is 6. The van der Waals surface area contributed by atoms with Gasteiger partial charge in [0.2, 0.25) is 5.91 Å². The first-order chi connectivity index (χ1) is 23.2. The maximum atomic E-state index is 15.3. The number of benzene rings is 2. The van der Waals surface area contributed by atoms with Crippen molar-refractivity contribution in [2.45, 2.75) is 38.4 Å². The second-order valence-corrected chi connectivity index (χ2v) is 11.3. The SMILES string of the molecule is C[C@@H]1CCC[C@H](n2cnc(-c3c(-n4ccnn4)ccc(Cl)c3F)cc2=O)c2cc(ccn2)-c2cc(F)ccc2NC1=O.O=C(O)C(F)(F)F. The van der Waals surface area contributed by atoms with Gasteiger partial charge in [-0.1, -0.05) is 30.2 Å². The Bertz CT molecular complexity index is 2070. The van der Waals surface area contributed by atoms with Crippen LogP contribution in [0.3, 0.4) is 0 Å². The van der Waals surface area contributed by atoms with E-state index in [1.807, 2.05) is 6.92 Å². The van der Waals surface area contributed by atoms with Gasteiger partial charge in [0, 0.05) is 29.4 Å². The molecule has 4 heterocycles. The molecule has 0 radical (unpaired) electrons. The minimum Gasteiger partial charge on any atom is -0.475 e. The maximum absolute atomic E-state index is 15.3. The lowest BCUT2D eigenvalue weighted by Crippen LogP contribution is -2.27. The fraction of sp³-hybridized carbons (Fsp3) is 0.219. The third-order valence-electron chi connectivity index (χ3n) is 7.65. The van der Waals surface area contributed by atoms with Crippen LogP contribution in [0.25, 0.3) is 28.1 Å². The van der Waals surface area contributed by atoms with E-state index in [4.69, 9.17) is 21.5 Å². The van der Waals surface area contributed by atoms with E-state index in [1.165, 1.54) is 52.1 Å². The molecule has 17 heteroatoms. The summed E-state index contributed by atoms with van der Waals surface area (Å²) >= 11 is 6.09. The molecule has 0 spiro atoms. The third-order valence-corrected chi connectivity index (χ3v) is 7.94. The molecule has 0 saturated heterocycles. The van der Waals surface area contributed by atoms with Crippen LogP contribution in [0.1, 0.15) is 37.9 Å². The lowest BCUT2D eigenvalue weighted by Gasteiger charge is -2.23. The normalized spacial score (nSPS) is 16.3. The predicted octanol–water partition coefficient (Wildman–Crippen LogP) is 6.47. The van der Waals surface area contributed by atoms with Gasteiger partial charge < -0.3 is 10.4 Å². The summed E-state index contributed by atoms with van der Waals surface area (Å²) in [6, 6.07) is 11.3. The molecule has 2 bridgehead atoms. The van der Waals surface area contributed by atoms with E-state index in [1.54, 1.807) is 30.6 Å². The number of carbonyl (C=O) groups is 2. The summed E-state index contributed by atoms with van der Waals surface area (Å²) in [4.78, 5) is 44.5. The van der Waals surface area contributed by atoms with Crippen LogP contribution >= 0.6 is 11.6 Å². The highest BCUT2D eigenvalue weighted by molar-refractivity contribution is 6.31. The van der Waals surface area contributed by atoms with Gasteiger partial charge in [-0.3, -0.25) is 19.1 Å². The summed E-state index contributed by atoms with van der Waals surface area (Å²) in [5.41, 5.74) is 2.14. The summed E-state index contributed by atoms with van der Waals surface area (Å²) < 4.78 is 64.2. The second-order valence-electron chi connectivity index (χ2n) is 10.9. The highest BCUT2D eigenvalue weighted by Gasteiger charge is 2.38. The van der Waals surface area contributed by atoms with Crippen LogP contribution < -0.4 is 10.9 Å². The monoisotopic (exact) mass is 701 g/mol. The van der Waals surface area contributed by atoms with Crippen LogP contribution in [0.4, 0.5) is 27.6 Å². The standard InChI is InChI=1S/C30H24ClF2N7O2.C2HF3O2/c1-17-3-2-4-25(23-13-18(9-10-34-23)20-14-19(32)5-7-22(20)37-30(17)42)39-16-35-24(15-27(39)41)28-26(40-12-11-36-38-40)8-6-21(31)29(28)33;3-2(4,5)1(6)7/h5-17,25H,2-4H2,1H3,(H,37,42);(H,6,7)/t17-,25+;/m1./s1. The zero-order chi connectivity index (χ0) is 35.5. The number of nitrogens with one attached hydrogen (secondary N) is 1. The van der Waals surface area contributed by atoms with Gasteiger partial charge in [-0.05, 0) is 60.9 Å². The molecular weight excluding hydrogens is 677 g/mol. The average Bonchev–Trinajstić information content (AvgIpc) is 3.60. The number of carbonyl (C=O) groups excluding carboxylic acids is 1. The fourth-order valence-corrected chi connectivity index (χ4v) is 5.35. The molecule has 254 valence electrons. The van der Waals surface area contributed by atoms with Crippen molar-refractivity contribution in [2.24, 2.45) is 5.92 Å². The number of carboxylic acid groups (broad SMARTS) is 1. The Morgan fingerprint density at radius 1 is 1.02 bits per heavy atom. The largest absolute Gasteiger partial charge is 0.490 e. The Hall–Kier alpha value is -5.51. The highest BCUT2D eigenvalue weighted by atomic mass is 35.5. The molecule has 11 nitrogen and oxygen atoms in total. The van der Waals surface area contributed by atoms with Crippen molar-refractivity contribution in [3.63, 3.8) is 0 Å². The van der Waals surface area contributed by atoms with Gasteiger partial charge in [0.05, 0.1) is 52.4 Å². The summed E-state index contributed by atoms with van der Waals surface area (Å²) in [5.74, 6) is -4.45. The Labute approximate surface area is 279 Å². The third kappa shape index (κ3) is 7.80. The van der Waals surface area contributed by atoms with Crippen molar-refractivity contribution < 1.29 is 36.6 Å². The quantitative estimate of drug-likeness (QED) is 0.204. The number of carboxylic acids is 1. The number of aliphatic carboxylic acids is 1. The molecule has 0 aliphatic carbocycles. The van der Waals surface area contributed by atoms with Gasteiger partial charge in [-0.15, -0.1) is 5.10 Å². The Morgan fingerprint density at radius 3 is 2.45 bits per heavy atom. The molecule has 0 unspecified atom stereocenters. The van der Waals surface area contributed by atoms with E-state index in [9.17, 15) is 27.2 Å². The number of amides is 1. The number of hydrogen-bond acceptors (Lipinski definition) is 7. The molecule has 49 heavy (non-hydrogen) atoms. The second kappa shape index (κ2) is 14.3. The van der Waals surface area contributed by atoms with Crippen molar-refractivity contribution in [3.8, 4) is 28.1 Å². The molecule has 2 atom stereocenters. The van der Waals surface area contributed by atoms with Crippen LogP contribution in [0.15, 0.2) is 78.2 Å². The van der Waals surface area contributed by atoms with E-state index in [2.05, 4.69) is 25.6 Å². The molecule has 1 aliphatic heterocycles. The van der Waals surface area contributed by atoms with E-state index in [0.29, 0.717) is 47.5 Å². The van der Waals surface area contributed by atoms with Gasteiger partial charge >= 0.3 is 12.1 Å². The summed E-state index contributed by atoms with van der Waals surface area (Å²) in [6.45, 7) is 1.82. The minimum absolute atomic E-state index is 0.00883. The molecule has 2 aromatic carbocycles. The molecular formula is C32H25ClF5N7O4. The first-order valence-corrected chi connectivity index (χ1v) is 14.9. The van der Waals surface area contributed by atoms with Crippen LogP contribution in [-0.2, 0) is 9.59 Å². The topological polar surface area (TPSA) is 145 Å². The number of hydrogen-bond donors (Lipinski definition) is 2. The number of alkyl halides is 3. The zero-order valence-electron chi connectivity index (χ0n) is 25.3. The van der Waals surface area contributed by atoms with Crippen molar-refractivity contribution in [1.29, 1.82) is 0 Å². The van der Waals surface area contributed by atoms with Gasteiger partial charge in [-0.25, -0.2) is 23.2 Å². The number of rotatable bonds is 3. The molecule has 5 aromatic rings. The predicted molar refractivity (Wildman–Crippen MR) is 167 cm³/mol. The van der Waals surface area contributed by atoms with E-state index < -0.39 is 35.4 Å². The first kappa shape index (κ1) is 34.8. The van der Waals surface area contributed by atoms with Crippen LogP contribution in [0, 0.1) is 17.6 Å². The molecule has 0 saturated carbocycles. The van der Waals surface area contributed by atoms with E-state index in [-0.39, 0.29) is 28.1 Å². The minimum atomic E-state index is -5.08. The number of fused-ring (bicyclic) bond motifs is 4. The number of aromatic nitrogens is 6. The van der Waals surface area contributed by atoms with Gasteiger partial charge in [0.1, 0.15) is 5.82 Å². The first-order valence-electron chi connectivity index (χ1n) is 14.5. The number of nitrogens with zero attached hydrogens (tertiary/aromatic N) is 6. The average molecular weight is 702 g/mol. The highest BCUT2D eigenvalue weighted by Crippen LogP contribution is 2.35. The number of anilines is 1. The van der Waals surface area contributed by atoms with Crippen molar-refractivity contribution >= 4 is 29.2 Å². The molecule has 1 amide bonds. The Morgan fingerprint density at radius 2 is 1.78 bits per heavy atom. The Kier molecular flexibility index (Phi) is 10.2. The van der Waals surface area contributed by atoms with E-state index in [0.717, 1.165) is 0 Å². The summed E-state index contributed by atoms with van der Waals surface area (Å²) in [5, 5.41) is 17.6. The summed E-state index contributed by atoms with van der Waals surface area (Å²) in [6.07, 6.45) is 2.48.